The van der Waals surface area contributed by atoms with E-state index in [1.165, 1.54) is 24.3 Å². The highest BCUT2D eigenvalue weighted by Crippen LogP contribution is 2.08. The van der Waals surface area contributed by atoms with Crippen molar-refractivity contribution in [3.63, 3.8) is 0 Å². The highest BCUT2D eigenvalue weighted by atomic mass is 16.5. The van der Waals surface area contributed by atoms with Gasteiger partial charge in [-0.2, -0.15) is 5.26 Å². The first-order chi connectivity index (χ1) is 10.9. The summed E-state index contributed by atoms with van der Waals surface area (Å²) in [6.07, 6.45) is 3.10. The van der Waals surface area contributed by atoms with Gasteiger partial charge in [0, 0.05) is 6.04 Å². The van der Waals surface area contributed by atoms with Crippen LogP contribution in [0.15, 0.2) is 24.3 Å². The zero-order valence-electron chi connectivity index (χ0n) is 14.0. The van der Waals surface area contributed by atoms with Gasteiger partial charge < -0.3 is 10.1 Å². The molecule has 1 aromatic carbocycles. The second kappa shape index (κ2) is 9.62. The Bertz CT molecular complexity index is 559. The molecule has 0 heterocycles. The Morgan fingerprint density at radius 2 is 1.83 bits per heavy atom. The highest BCUT2D eigenvalue weighted by Gasteiger charge is 2.12. The van der Waals surface area contributed by atoms with Gasteiger partial charge in [0.05, 0.1) is 17.2 Å². The summed E-state index contributed by atoms with van der Waals surface area (Å²) in [5.41, 5.74) is 0.788. The van der Waals surface area contributed by atoms with E-state index in [2.05, 4.69) is 19.2 Å². The molecule has 0 aliphatic rings. The zero-order chi connectivity index (χ0) is 17.2. The Labute approximate surface area is 137 Å². The fraction of sp³-hybridized carbons (Fsp3) is 0.500. The SMILES string of the molecule is CC(C)CCCC(C)NC(=O)COC(=O)c1ccc(C#N)cc1. The summed E-state index contributed by atoms with van der Waals surface area (Å²) < 4.78 is 4.97. The molecule has 1 atom stereocenters. The molecule has 5 heteroatoms. The van der Waals surface area contributed by atoms with Crippen LogP contribution in [0.4, 0.5) is 0 Å². The van der Waals surface area contributed by atoms with Crippen molar-refractivity contribution in [2.24, 2.45) is 5.92 Å². The predicted molar refractivity (Wildman–Crippen MR) is 87.7 cm³/mol. The number of rotatable bonds is 8. The van der Waals surface area contributed by atoms with Gasteiger partial charge in [-0.25, -0.2) is 4.79 Å². The lowest BCUT2D eigenvalue weighted by atomic mass is 10.0. The maximum absolute atomic E-state index is 11.8. The number of esters is 1. The summed E-state index contributed by atoms with van der Waals surface area (Å²) >= 11 is 0. The van der Waals surface area contributed by atoms with Crippen LogP contribution in [0.25, 0.3) is 0 Å². The molecule has 1 aromatic rings. The van der Waals surface area contributed by atoms with E-state index in [1.54, 1.807) is 0 Å². The number of nitrogens with one attached hydrogen (secondary N) is 1. The van der Waals surface area contributed by atoms with Gasteiger partial charge in [0.1, 0.15) is 0 Å². The lowest BCUT2D eigenvalue weighted by Crippen LogP contribution is -2.35. The van der Waals surface area contributed by atoms with Crippen LogP contribution in [0.1, 0.15) is 56.0 Å². The minimum Gasteiger partial charge on any atom is -0.452 e. The molecule has 1 rings (SSSR count). The topological polar surface area (TPSA) is 79.2 Å². The molecule has 0 fully saturated rings. The quantitative estimate of drug-likeness (QED) is 0.748. The first-order valence-corrected chi connectivity index (χ1v) is 7.89. The number of nitriles is 1. The third kappa shape index (κ3) is 7.46. The van der Waals surface area contributed by atoms with Crippen molar-refractivity contribution >= 4 is 11.9 Å². The third-order valence-corrected chi connectivity index (χ3v) is 3.41. The van der Waals surface area contributed by atoms with Crippen molar-refractivity contribution in [1.82, 2.24) is 5.32 Å². The summed E-state index contributed by atoms with van der Waals surface area (Å²) in [4.78, 5) is 23.6. The van der Waals surface area contributed by atoms with Crippen LogP contribution >= 0.6 is 0 Å². The lowest BCUT2D eigenvalue weighted by molar-refractivity contribution is -0.124. The van der Waals surface area contributed by atoms with Crippen molar-refractivity contribution in [1.29, 1.82) is 5.26 Å². The Hall–Kier alpha value is -2.35. The van der Waals surface area contributed by atoms with E-state index in [4.69, 9.17) is 10.00 Å². The largest absolute Gasteiger partial charge is 0.452 e. The number of amides is 1. The molecule has 0 bridgehead atoms. The van der Waals surface area contributed by atoms with Crippen LogP contribution in [0, 0.1) is 17.2 Å². The molecular formula is C18H24N2O3. The van der Waals surface area contributed by atoms with E-state index in [9.17, 15) is 9.59 Å². The van der Waals surface area contributed by atoms with Gasteiger partial charge in [0.25, 0.3) is 5.91 Å². The molecule has 0 aliphatic carbocycles. The van der Waals surface area contributed by atoms with Crippen molar-refractivity contribution < 1.29 is 14.3 Å². The van der Waals surface area contributed by atoms with Gasteiger partial charge in [0.15, 0.2) is 6.61 Å². The summed E-state index contributed by atoms with van der Waals surface area (Å²) in [6, 6.07) is 8.12. The minimum absolute atomic E-state index is 0.0647. The molecule has 1 amide bonds. The summed E-state index contributed by atoms with van der Waals surface area (Å²) in [5, 5.41) is 11.5. The minimum atomic E-state index is -0.572. The number of nitrogens with zero attached hydrogens (tertiary/aromatic N) is 1. The van der Waals surface area contributed by atoms with Crippen molar-refractivity contribution in [2.75, 3.05) is 6.61 Å². The number of carbonyl (C=O) groups excluding carboxylic acids is 2. The van der Waals surface area contributed by atoms with E-state index in [0.717, 1.165) is 19.3 Å². The smallest absolute Gasteiger partial charge is 0.338 e. The Kier molecular flexibility index (Phi) is 7.82. The maximum Gasteiger partial charge on any atom is 0.338 e. The second-order valence-electron chi connectivity index (χ2n) is 6.06. The normalized spacial score (nSPS) is 11.6. The predicted octanol–water partition coefficient (Wildman–Crippen LogP) is 3.05. The average molecular weight is 316 g/mol. The van der Waals surface area contributed by atoms with Crippen molar-refractivity contribution in [2.45, 2.75) is 46.1 Å². The molecule has 0 aliphatic heterocycles. The molecule has 124 valence electrons. The fourth-order valence-electron chi connectivity index (χ4n) is 2.12. The van der Waals surface area contributed by atoms with Crippen molar-refractivity contribution in [3.05, 3.63) is 35.4 Å². The average Bonchev–Trinajstić information content (AvgIpc) is 2.52. The van der Waals surface area contributed by atoms with Crippen LogP contribution in [0.3, 0.4) is 0 Å². The number of carbonyl (C=O) groups is 2. The van der Waals surface area contributed by atoms with Crippen molar-refractivity contribution in [3.8, 4) is 6.07 Å². The Morgan fingerprint density at radius 3 is 2.39 bits per heavy atom. The van der Waals surface area contributed by atoms with Crippen LogP contribution in [0.5, 0.6) is 0 Å². The molecule has 5 nitrogen and oxygen atoms in total. The molecule has 0 aromatic heterocycles. The van der Waals surface area contributed by atoms with Crippen LogP contribution in [-0.2, 0) is 9.53 Å². The number of hydrogen-bond acceptors (Lipinski definition) is 4. The molecule has 1 N–H and O–H groups in total. The fourth-order valence-corrected chi connectivity index (χ4v) is 2.12. The molecule has 0 spiro atoms. The van der Waals surface area contributed by atoms with E-state index in [0.29, 0.717) is 17.0 Å². The van der Waals surface area contributed by atoms with Gasteiger partial charge in [-0.3, -0.25) is 4.79 Å². The van der Waals surface area contributed by atoms with Gasteiger partial charge in [-0.05, 0) is 43.5 Å². The van der Waals surface area contributed by atoms with Crippen LogP contribution in [0.2, 0.25) is 0 Å². The van der Waals surface area contributed by atoms with E-state index in [1.807, 2.05) is 13.0 Å². The Morgan fingerprint density at radius 1 is 1.17 bits per heavy atom. The molecule has 0 radical (unpaired) electrons. The van der Waals surface area contributed by atoms with Gasteiger partial charge >= 0.3 is 5.97 Å². The molecule has 1 unspecified atom stereocenters. The summed E-state index contributed by atoms with van der Waals surface area (Å²) in [6.45, 7) is 5.99. The molecular weight excluding hydrogens is 292 g/mol. The maximum atomic E-state index is 11.8. The lowest BCUT2D eigenvalue weighted by Gasteiger charge is -2.14. The molecule has 0 saturated carbocycles. The number of benzene rings is 1. The third-order valence-electron chi connectivity index (χ3n) is 3.41. The summed E-state index contributed by atoms with van der Waals surface area (Å²) in [5.74, 6) is -0.215. The number of ether oxygens (including phenoxy) is 1. The van der Waals surface area contributed by atoms with Crippen LogP contribution < -0.4 is 5.32 Å². The monoisotopic (exact) mass is 316 g/mol. The highest BCUT2D eigenvalue weighted by molar-refractivity contribution is 5.91. The van der Waals surface area contributed by atoms with Gasteiger partial charge in [-0.15, -0.1) is 0 Å². The van der Waals surface area contributed by atoms with E-state index in [-0.39, 0.29) is 18.6 Å². The zero-order valence-corrected chi connectivity index (χ0v) is 14.0. The van der Waals surface area contributed by atoms with E-state index < -0.39 is 5.97 Å². The first kappa shape index (κ1) is 18.7. The summed E-state index contributed by atoms with van der Waals surface area (Å²) in [7, 11) is 0. The standard InChI is InChI=1S/C18H24N2O3/c1-13(2)5-4-6-14(3)20-17(21)12-23-18(22)16-9-7-15(11-19)8-10-16/h7-10,13-14H,4-6,12H2,1-3H3,(H,20,21). The number of hydrogen-bond donors (Lipinski definition) is 1. The second-order valence-corrected chi connectivity index (χ2v) is 6.06. The molecule has 23 heavy (non-hydrogen) atoms. The van der Waals surface area contributed by atoms with Gasteiger partial charge in [-0.1, -0.05) is 26.7 Å². The van der Waals surface area contributed by atoms with E-state index >= 15 is 0 Å². The van der Waals surface area contributed by atoms with Crippen LogP contribution in [-0.4, -0.2) is 24.5 Å². The van der Waals surface area contributed by atoms with Gasteiger partial charge in [0.2, 0.25) is 0 Å². The molecule has 0 saturated heterocycles. The Balaban J connectivity index is 2.31. The first-order valence-electron chi connectivity index (χ1n) is 7.89.